The van der Waals surface area contributed by atoms with Gasteiger partial charge in [0, 0.05) is 11.3 Å². The van der Waals surface area contributed by atoms with Crippen molar-refractivity contribution in [3.05, 3.63) is 70.2 Å². The summed E-state index contributed by atoms with van der Waals surface area (Å²) in [6, 6.07) is 12.5. The first-order valence-electron chi connectivity index (χ1n) is 8.76. The highest BCUT2D eigenvalue weighted by Gasteiger charge is 2.19. The minimum atomic E-state index is -3.88. The molecule has 0 aliphatic carbocycles. The van der Waals surface area contributed by atoms with Crippen LogP contribution in [0.5, 0.6) is 0 Å². The van der Waals surface area contributed by atoms with Gasteiger partial charge in [0.15, 0.2) is 5.13 Å². The van der Waals surface area contributed by atoms with Gasteiger partial charge in [-0.1, -0.05) is 35.1 Å². The molecular weight excluding hydrogens is 426 g/mol. The Morgan fingerprint density at radius 2 is 1.77 bits per heavy atom. The average Bonchev–Trinajstić information content (AvgIpc) is 3.09. The minimum Gasteiger partial charge on any atom is -0.465 e. The SMILES string of the molecule is COC(=O)c1sc(NC(=O)c2cccc(S(=O)(=O)Nc3ccc(C)cc3)c2)nc1C. The monoisotopic (exact) mass is 445 g/mol. The molecule has 0 aliphatic rings. The summed E-state index contributed by atoms with van der Waals surface area (Å²) >= 11 is 0.980. The van der Waals surface area contributed by atoms with Crippen molar-refractivity contribution in [3.63, 3.8) is 0 Å². The van der Waals surface area contributed by atoms with Gasteiger partial charge in [-0.25, -0.2) is 18.2 Å². The lowest BCUT2D eigenvalue weighted by molar-refractivity contribution is 0.0605. The number of methoxy groups -OCH3 is 1. The topological polar surface area (TPSA) is 114 Å². The molecule has 3 aromatic rings. The van der Waals surface area contributed by atoms with Crippen molar-refractivity contribution in [2.45, 2.75) is 18.7 Å². The average molecular weight is 446 g/mol. The van der Waals surface area contributed by atoms with Crippen LogP contribution >= 0.6 is 11.3 Å². The van der Waals surface area contributed by atoms with E-state index in [2.05, 4.69) is 19.8 Å². The lowest BCUT2D eigenvalue weighted by Gasteiger charge is -2.09. The molecule has 0 bridgehead atoms. The van der Waals surface area contributed by atoms with Crippen molar-refractivity contribution < 1.29 is 22.7 Å². The molecule has 1 aromatic heterocycles. The normalized spacial score (nSPS) is 11.0. The van der Waals surface area contributed by atoms with Gasteiger partial charge < -0.3 is 4.74 Å². The first-order valence-corrected chi connectivity index (χ1v) is 11.1. The molecule has 1 amide bonds. The number of aryl methyl sites for hydroxylation is 2. The van der Waals surface area contributed by atoms with E-state index in [1.807, 2.05) is 6.92 Å². The molecule has 30 heavy (non-hydrogen) atoms. The van der Waals surface area contributed by atoms with Gasteiger partial charge >= 0.3 is 5.97 Å². The van der Waals surface area contributed by atoms with Crippen LogP contribution in [0.25, 0.3) is 0 Å². The number of ether oxygens (including phenoxy) is 1. The van der Waals surface area contributed by atoms with Gasteiger partial charge in [-0.05, 0) is 44.2 Å². The van der Waals surface area contributed by atoms with Crippen LogP contribution in [0.3, 0.4) is 0 Å². The molecule has 156 valence electrons. The highest BCUT2D eigenvalue weighted by atomic mass is 32.2. The fourth-order valence-corrected chi connectivity index (χ4v) is 4.53. The van der Waals surface area contributed by atoms with E-state index >= 15 is 0 Å². The van der Waals surface area contributed by atoms with Crippen LogP contribution in [0.1, 0.15) is 31.3 Å². The van der Waals surface area contributed by atoms with Crippen LogP contribution in [0.2, 0.25) is 0 Å². The molecule has 8 nitrogen and oxygen atoms in total. The zero-order valence-corrected chi connectivity index (χ0v) is 18.1. The van der Waals surface area contributed by atoms with Crippen molar-refractivity contribution in [2.75, 3.05) is 17.1 Å². The maximum atomic E-state index is 12.7. The number of amides is 1. The van der Waals surface area contributed by atoms with Crippen molar-refractivity contribution in [1.82, 2.24) is 4.98 Å². The third-order valence-corrected chi connectivity index (χ3v) is 6.53. The van der Waals surface area contributed by atoms with E-state index in [9.17, 15) is 18.0 Å². The standard InChI is InChI=1S/C20H19N3O5S2/c1-12-7-9-15(10-8-12)23-30(26,27)16-6-4-5-14(11-16)18(24)22-20-21-13(2)17(29-20)19(25)28-3/h4-11,23H,1-3H3,(H,21,22,24). The number of nitrogens with zero attached hydrogens (tertiary/aromatic N) is 1. The van der Waals surface area contributed by atoms with Crippen molar-refractivity contribution >= 4 is 44.1 Å². The maximum Gasteiger partial charge on any atom is 0.350 e. The first kappa shape index (κ1) is 21.5. The summed E-state index contributed by atoms with van der Waals surface area (Å²) in [5, 5.41) is 2.79. The Balaban J connectivity index is 1.80. The van der Waals surface area contributed by atoms with Crippen LogP contribution in [0.15, 0.2) is 53.4 Å². The molecule has 0 saturated heterocycles. The summed E-state index contributed by atoms with van der Waals surface area (Å²) < 4.78 is 32.5. The minimum absolute atomic E-state index is 0.0544. The van der Waals surface area contributed by atoms with Crippen LogP contribution in [-0.4, -0.2) is 32.4 Å². The predicted octanol–water partition coefficient (Wildman–Crippen LogP) is 3.60. The lowest BCUT2D eigenvalue weighted by atomic mass is 10.2. The summed E-state index contributed by atoms with van der Waals surface area (Å²) in [6.45, 7) is 3.53. The number of anilines is 2. The smallest absolute Gasteiger partial charge is 0.350 e. The number of hydrogen-bond donors (Lipinski definition) is 2. The zero-order chi connectivity index (χ0) is 21.9. The molecule has 0 radical (unpaired) electrons. The van der Waals surface area contributed by atoms with Gasteiger partial charge in [0.05, 0.1) is 17.7 Å². The molecular formula is C20H19N3O5S2. The molecule has 2 N–H and O–H groups in total. The molecule has 0 unspecified atom stereocenters. The number of carbonyl (C=O) groups is 2. The Morgan fingerprint density at radius 3 is 2.43 bits per heavy atom. The number of esters is 1. The third-order valence-electron chi connectivity index (χ3n) is 4.10. The maximum absolute atomic E-state index is 12.7. The number of rotatable bonds is 6. The number of thiazole rings is 1. The third kappa shape index (κ3) is 4.84. The van der Waals surface area contributed by atoms with E-state index < -0.39 is 21.9 Å². The van der Waals surface area contributed by atoms with Gasteiger partial charge in [0.2, 0.25) is 0 Å². The molecule has 3 rings (SSSR count). The molecule has 2 aromatic carbocycles. The van der Waals surface area contributed by atoms with Gasteiger partial charge in [-0.15, -0.1) is 0 Å². The van der Waals surface area contributed by atoms with Crippen LogP contribution in [-0.2, 0) is 14.8 Å². The number of sulfonamides is 1. The molecule has 0 saturated carbocycles. The second-order valence-corrected chi connectivity index (χ2v) is 9.06. The Hall–Kier alpha value is -3.24. The number of carbonyl (C=O) groups excluding carboxylic acids is 2. The number of hydrogen-bond acceptors (Lipinski definition) is 7. The van der Waals surface area contributed by atoms with E-state index in [-0.39, 0.29) is 20.5 Å². The summed E-state index contributed by atoms with van der Waals surface area (Å²) in [5.41, 5.74) is 1.99. The van der Waals surface area contributed by atoms with Crippen molar-refractivity contribution in [2.24, 2.45) is 0 Å². The summed E-state index contributed by atoms with van der Waals surface area (Å²) in [6.07, 6.45) is 0. The number of aromatic nitrogens is 1. The predicted molar refractivity (Wildman–Crippen MR) is 115 cm³/mol. The lowest BCUT2D eigenvalue weighted by Crippen LogP contribution is -2.16. The van der Waals surface area contributed by atoms with E-state index in [0.717, 1.165) is 16.9 Å². The second kappa shape index (κ2) is 8.64. The van der Waals surface area contributed by atoms with Crippen molar-refractivity contribution in [1.29, 1.82) is 0 Å². The molecule has 0 aliphatic heterocycles. The van der Waals surface area contributed by atoms with E-state index in [4.69, 9.17) is 0 Å². The highest BCUT2D eigenvalue weighted by molar-refractivity contribution is 7.92. The van der Waals surface area contributed by atoms with Crippen molar-refractivity contribution in [3.8, 4) is 0 Å². The zero-order valence-electron chi connectivity index (χ0n) is 16.4. The Morgan fingerprint density at radius 1 is 1.07 bits per heavy atom. The molecule has 0 spiro atoms. The van der Waals surface area contributed by atoms with Crippen LogP contribution < -0.4 is 10.0 Å². The molecule has 10 heteroatoms. The van der Waals surface area contributed by atoms with Gasteiger partial charge in [0.25, 0.3) is 15.9 Å². The first-order chi connectivity index (χ1) is 14.2. The van der Waals surface area contributed by atoms with Crippen LogP contribution in [0.4, 0.5) is 10.8 Å². The molecule has 1 heterocycles. The quantitative estimate of drug-likeness (QED) is 0.560. The summed E-state index contributed by atoms with van der Waals surface area (Å²) in [7, 11) is -2.62. The molecule has 0 atom stereocenters. The second-order valence-electron chi connectivity index (χ2n) is 6.38. The van der Waals surface area contributed by atoms with Crippen LogP contribution in [0, 0.1) is 13.8 Å². The summed E-state index contributed by atoms with van der Waals surface area (Å²) in [5.74, 6) is -1.09. The Bertz CT molecular complexity index is 1200. The number of benzene rings is 2. The largest absolute Gasteiger partial charge is 0.465 e. The summed E-state index contributed by atoms with van der Waals surface area (Å²) in [4.78, 5) is 28.6. The Labute approximate surface area is 178 Å². The van der Waals surface area contributed by atoms with E-state index in [0.29, 0.717) is 11.4 Å². The van der Waals surface area contributed by atoms with Gasteiger partial charge in [-0.3, -0.25) is 14.8 Å². The molecule has 0 fully saturated rings. The number of nitrogens with one attached hydrogen (secondary N) is 2. The fourth-order valence-electron chi connectivity index (χ4n) is 2.54. The highest BCUT2D eigenvalue weighted by Crippen LogP contribution is 2.24. The fraction of sp³-hybridized carbons (Fsp3) is 0.150. The van der Waals surface area contributed by atoms with Gasteiger partial charge in [0.1, 0.15) is 4.88 Å². The van der Waals surface area contributed by atoms with E-state index in [1.165, 1.54) is 31.4 Å². The van der Waals surface area contributed by atoms with Gasteiger partial charge in [-0.2, -0.15) is 0 Å². The van der Waals surface area contributed by atoms with E-state index in [1.54, 1.807) is 31.2 Å². The Kier molecular flexibility index (Phi) is 6.18.